The third-order valence-electron chi connectivity index (χ3n) is 7.39. The predicted octanol–water partition coefficient (Wildman–Crippen LogP) is 5.03. The van der Waals surface area contributed by atoms with Gasteiger partial charge in [0.1, 0.15) is 19.2 Å². The Morgan fingerprint density at radius 3 is 1.96 bits per heavy atom. The number of nitroso groups, excluding NO2 is 1. The summed E-state index contributed by atoms with van der Waals surface area (Å²) in [5.41, 5.74) is 2.20. The summed E-state index contributed by atoms with van der Waals surface area (Å²) in [6.07, 6.45) is -1.54. The summed E-state index contributed by atoms with van der Waals surface area (Å²) >= 11 is 0. The van der Waals surface area contributed by atoms with E-state index in [1.807, 2.05) is 88.4 Å². The van der Waals surface area contributed by atoms with E-state index in [0.29, 0.717) is 12.0 Å². The highest BCUT2D eigenvalue weighted by Crippen LogP contribution is 2.20. The Balaban J connectivity index is 1.83. The van der Waals surface area contributed by atoms with E-state index < -0.39 is 40.2 Å². The molecule has 2 amide bonds. The standard InChI is InChI=1S/C35H46N4O7S/c1-25(2)19-32(38-35(42)46-24-29-13-9-6-10-14-29)34(41)37-31(20-27-11-7-5-8-12-27)33(40)23-39(22-26(3)4)47(44,45)30-17-15-28(16-18-30)21-36-43/h5-18,25-26,31-33,40H,19-24H2,1-4H3,(H,37,41)(H,38,42)/t31-,32-,33+/m0/s1. The van der Waals surface area contributed by atoms with Gasteiger partial charge in [0.2, 0.25) is 15.9 Å². The zero-order valence-corrected chi connectivity index (χ0v) is 28.2. The predicted molar refractivity (Wildman–Crippen MR) is 181 cm³/mol. The van der Waals surface area contributed by atoms with Crippen molar-refractivity contribution in [1.82, 2.24) is 14.9 Å². The molecule has 3 aromatic rings. The Morgan fingerprint density at radius 1 is 0.809 bits per heavy atom. The Morgan fingerprint density at radius 2 is 1.40 bits per heavy atom. The fraction of sp³-hybridized carbons (Fsp3) is 0.429. The molecule has 0 fully saturated rings. The summed E-state index contributed by atoms with van der Waals surface area (Å²) < 4.78 is 34.1. The molecule has 12 heteroatoms. The molecule has 0 radical (unpaired) electrons. The molecule has 0 aliphatic carbocycles. The number of aliphatic hydroxyl groups is 1. The van der Waals surface area contributed by atoms with Crippen molar-refractivity contribution in [2.24, 2.45) is 17.0 Å². The lowest BCUT2D eigenvalue weighted by Gasteiger charge is -2.32. The molecule has 11 nitrogen and oxygen atoms in total. The molecule has 0 aliphatic heterocycles. The number of carbonyl (C=O) groups is 2. The van der Waals surface area contributed by atoms with Crippen molar-refractivity contribution in [1.29, 1.82) is 0 Å². The fourth-order valence-corrected chi connectivity index (χ4v) is 6.67. The summed E-state index contributed by atoms with van der Waals surface area (Å²) in [7, 11) is -4.06. The molecule has 3 aromatic carbocycles. The molecule has 3 N–H and O–H groups in total. The third-order valence-corrected chi connectivity index (χ3v) is 9.23. The fourth-order valence-electron chi connectivity index (χ4n) is 5.05. The minimum Gasteiger partial charge on any atom is -0.445 e. The van der Waals surface area contributed by atoms with Crippen LogP contribution in [0.3, 0.4) is 0 Å². The molecule has 0 unspecified atom stereocenters. The third kappa shape index (κ3) is 12.2. The highest BCUT2D eigenvalue weighted by atomic mass is 32.2. The number of rotatable bonds is 18. The van der Waals surface area contributed by atoms with Gasteiger partial charge in [0.05, 0.1) is 17.0 Å². The molecule has 47 heavy (non-hydrogen) atoms. The van der Waals surface area contributed by atoms with Crippen LogP contribution < -0.4 is 10.6 Å². The minimum atomic E-state index is -4.06. The number of ether oxygens (including phenoxy) is 1. The number of hydrogen-bond donors (Lipinski definition) is 3. The maximum absolute atomic E-state index is 13.8. The van der Waals surface area contributed by atoms with Gasteiger partial charge in [-0.25, -0.2) is 13.2 Å². The normalized spacial score (nSPS) is 13.6. The van der Waals surface area contributed by atoms with Gasteiger partial charge in [-0.2, -0.15) is 9.21 Å². The van der Waals surface area contributed by atoms with E-state index in [0.717, 1.165) is 11.1 Å². The molecular weight excluding hydrogens is 620 g/mol. The van der Waals surface area contributed by atoms with E-state index in [9.17, 15) is 28.0 Å². The average molecular weight is 667 g/mol. The Kier molecular flexibility index (Phi) is 14.5. The highest BCUT2D eigenvalue weighted by molar-refractivity contribution is 7.89. The highest BCUT2D eigenvalue weighted by Gasteiger charge is 2.33. The van der Waals surface area contributed by atoms with Crippen LogP contribution in [0.15, 0.2) is 95.0 Å². The number of nitrogens with zero attached hydrogens (tertiary/aromatic N) is 2. The minimum absolute atomic E-state index is 0.0128. The number of carbonyl (C=O) groups excluding carboxylic acids is 2. The molecule has 254 valence electrons. The molecule has 3 atom stereocenters. The van der Waals surface area contributed by atoms with Crippen molar-refractivity contribution in [3.8, 4) is 0 Å². The van der Waals surface area contributed by atoms with Gasteiger partial charge >= 0.3 is 6.09 Å². The number of benzene rings is 3. The van der Waals surface area contributed by atoms with E-state index in [1.54, 1.807) is 0 Å². The SMILES string of the molecule is CC(C)C[C@H](NC(=O)OCc1ccccc1)C(=O)N[C@@H](Cc1ccccc1)[C@H](O)CN(CC(C)C)S(=O)(=O)c1ccc(CN=O)cc1. The number of amides is 2. The van der Waals surface area contributed by atoms with Gasteiger partial charge in [0, 0.05) is 13.1 Å². The van der Waals surface area contributed by atoms with Crippen LogP contribution in [0.5, 0.6) is 0 Å². The first kappa shape index (κ1) is 37.3. The van der Waals surface area contributed by atoms with Gasteiger partial charge in [-0.1, -0.05) is 106 Å². The van der Waals surface area contributed by atoms with Gasteiger partial charge in [-0.15, -0.1) is 0 Å². The van der Waals surface area contributed by atoms with Crippen molar-refractivity contribution >= 4 is 22.0 Å². The first-order valence-corrected chi connectivity index (χ1v) is 17.2. The van der Waals surface area contributed by atoms with E-state index in [4.69, 9.17) is 4.74 Å². The van der Waals surface area contributed by atoms with Gasteiger partial charge < -0.3 is 20.5 Å². The molecule has 3 rings (SSSR count). The lowest BCUT2D eigenvalue weighted by molar-refractivity contribution is -0.125. The van der Waals surface area contributed by atoms with Crippen LogP contribution in [-0.4, -0.2) is 61.1 Å². The zero-order chi connectivity index (χ0) is 34.4. The molecule has 0 aromatic heterocycles. The van der Waals surface area contributed by atoms with Crippen LogP contribution in [0.1, 0.15) is 50.8 Å². The van der Waals surface area contributed by atoms with Gasteiger partial charge in [0.15, 0.2) is 0 Å². The van der Waals surface area contributed by atoms with Gasteiger partial charge in [-0.3, -0.25) is 4.79 Å². The summed E-state index contributed by atoms with van der Waals surface area (Å²) in [5.74, 6) is -0.551. The molecule has 0 aliphatic rings. The van der Waals surface area contributed by atoms with Crippen molar-refractivity contribution in [3.63, 3.8) is 0 Å². The smallest absolute Gasteiger partial charge is 0.408 e. The largest absolute Gasteiger partial charge is 0.445 e. The Labute approximate surface area is 277 Å². The van der Waals surface area contributed by atoms with Crippen LogP contribution >= 0.6 is 0 Å². The number of sulfonamides is 1. The zero-order valence-electron chi connectivity index (χ0n) is 27.4. The second-order valence-corrected chi connectivity index (χ2v) is 14.3. The topological polar surface area (TPSA) is 154 Å². The van der Waals surface area contributed by atoms with E-state index in [2.05, 4.69) is 15.8 Å². The van der Waals surface area contributed by atoms with Crippen LogP contribution in [0.2, 0.25) is 0 Å². The second-order valence-electron chi connectivity index (χ2n) is 12.4. The van der Waals surface area contributed by atoms with Crippen LogP contribution in [-0.2, 0) is 39.1 Å². The Hall–Kier alpha value is -4.13. The lowest BCUT2D eigenvalue weighted by Crippen LogP contribution is -2.56. The van der Waals surface area contributed by atoms with E-state index >= 15 is 0 Å². The number of alkyl carbamates (subject to hydrolysis) is 1. The molecular formula is C35H46N4O7S. The summed E-state index contributed by atoms with van der Waals surface area (Å²) in [6, 6.07) is 22.5. The van der Waals surface area contributed by atoms with E-state index in [-0.39, 0.29) is 49.4 Å². The molecule has 0 saturated heterocycles. The van der Waals surface area contributed by atoms with Crippen molar-refractivity contribution in [2.45, 2.75) is 76.8 Å². The molecule has 0 spiro atoms. The van der Waals surface area contributed by atoms with Crippen LogP contribution in [0, 0.1) is 16.7 Å². The van der Waals surface area contributed by atoms with E-state index in [1.165, 1.54) is 28.6 Å². The lowest BCUT2D eigenvalue weighted by atomic mass is 9.98. The molecule has 0 saturated carbocycles. The second kappa shape index (κ2) is 18.3. The van der Waals surface area contributed by atoms with Gasteiger partial charge in [0.25, 0.3) is 0 Å². The number of hydrogen-bond acceptors (Lipinski definition) is 8. The quantitative estimate of drug-likeness (QED) is 0.161. The van der Waals surface area contributed by atoms with Crippen LogP contribution in [0.25, 0.3) is 0 Å². The summed E-state index contributed by atoms with van der Waals surface area (Å²) in [4.78, 5) is 37.1. The maximum Gasteiger partial charge on any atom is 0.408 e. The van der Waals surface area contributed by atoms with Crippen LogP contribution in [0.4, 0.5) is 4.79 Å². The van der Waals surface area contributed by atoms with Crippen molar-refractivity contribution in [2.75, 3.05) is 13.1 Å². The maximum atomic E-state index is 13.8. The summed E-state index contributed by atoms with van der Waals surface area (Å²) in [6.45, 7) is 7.37. The van der Waals surface area contributed by atoms with Gasteiger partial charge in [-0.05, 0) is 53.5 Å². The monoisotopic (exact) mass is 666 g/mol. The Bertz CT molecular complexity index is 1520. The first-order valence-electron chi connectivity index (χ1n) is 15.8. The number of nitrogens with one attached hydrogen (secondary N) is 2. The van der Waals surface area contributed by atoms with Crippen molar-refractivity contribution < 1.29 is 27.9 Å². The summed E-state index contributed by atoms with van der Waals surface area (Å²) in [5, 5.41) is 20.0. The average Bonchev–Trinajstić information content (AvgIpc) is 3.03. The first-order chi connectivity index (χ1) is 22.4. The van der Waals surface area contributed by atoms with Crippen molar-refractivity contribution in [3.05, 3.63) is 107 Å². The molecule has 0 bridgehead atoms. The number of aliphatic hydroxyl groups excluding tert-OH is 1. The molecule has 0 heterocycles.